The Hall–Kier alpha value is -1.83. The number of nitriles is 1. The van der Waals surface area contributed by atoms with Crippen LogP contribution in [-0.4, -0.2) is 9.97 Å². The molecule has 1 N–H and O–H groups in total. The van der Waals surface area contributed by atoms with Gasteiger partial charge in [0.2, 0.25) is 0 Å². The summed E-state index contributed by atoms with van der Waals surface area (Å²) in [6.45, 7) is 1.74. The predicted molar refractivity (Wildman–Crippen MR) is 71.2 cm³/mol. The summed E-state index contributed by atoms with van der Waals surface area (Å²) in [4.78, 5) is 8.13. The molecule has 6 heteroatoms. The molecule has 18 heavy (non-hydrogen) atoms. The maximum Gasteiger partial charge on any atom is 0.135 e. The summed E-state index contributed by atoms with van der Waals surface area (Å²) in [6.07, 6.45) is 0. The Morgan fingerprint density at radius 2 is 2.00 bits per heavy atom. The summed E-state index contributed by atoms with van der Waals surface area (Å²) < 4.78 is 0. The summed E-state index contributed by atoms with van der Waals surface area (Å²) in [6, 6.07) is 8.61. The van der Waals surface area contributed by atoms with Crippen molar-refractivity contribution in [2.45, 2.75) is 6.92 Å². The zero-order valence-corrected chi connectivity index (χ0v) is 10.9. The van der Waals surface area contributed by atoms with Gasteiger partial charge in [-0.15, -0.1) is 0 Å². The lowest BCUT2D eigenvalue weighted by atomic mass is 10.2. The fourth-order valence-electron chi connectivity index (χ4n) is 1.45. The monoisotopic (exact) mass is 278 g/mol. The highest BCUT2D eigenvalue weighted by atomic mass is 35.5. The lowest BCUT2D eigenvalue weighted by Gasteiger charge is -2.08. The molecule has 2 rings (SSSR count). The van der Waals surface area contributed by atoms with E-state index >= 15 is 0 Å². The van der Waals surface area contributed by atoms with Gasteiger partial charge in [0, 0.05) is 11.1 Å². The van der Waals surface area contributed by atoms with E-state index in [1.54, 1.807) is 31.2 Å². The van der Waals surface area contributed by atoms with Crippen molar-refractivity contribution in [3.05, 3.63) is 45.8 Å². The first-order valence-corrected chi connectivity index (χ1v) is 5.82. The standard InChI is InChI=1S/C12H8Cl2N4/c1-7-16-11(14)5-12(17-7)18-10-4-9(13)3-2-8(10)6-15/h2-5H,1H3,(H,16,17,18). The van der Waals surface area contributed by atoms with Gasteiger partial charge in [-0.25, -0.2) is 9.97 Å². The first-order valence-electron chi connectivity index (χ1n) is 5.06. The zero-order valence-electron chi connectivity index (χ0n) is 9.41. The second-order valence-electron chi connectivity index (χ2n) is 3.55. The van der Waals surface area contributed by atoms with Gasteiger partial charge in [-0.2, -0.15) is 5.26 Å². The molecule has 4 nitrogen and oxygen atoms in total. The van der Waals surface area contributed by atoms with E-state index in [4.69, 9.17) is 28.5 Å². The molecule has 0 radical (unpaired) electrons. The van der Waals surface area contributed by atoms with Crippen LogP contribution in [-0.2, 0) is 0 Å². The van der Waals surface area contributed by atoms with Crippen molar-refractivity contribution >= 4 is 34.7 Å². The van der Waals surface area contributed by atoms with Crippen LogP contribution < -0.4 is 5.32 Å². The van der Waals surface area contributed by atoms with Crippen molar-refractivity contribution in [2.24, 2.45) is 0 Å². The SMILES string of the molecule is Cc1nc(Cl)cc(Nc2cc(Cl)ccc2C#N)n1. The molecule has 0 aliphatic carbocycles. The summed E-state index contributed by atoms with van der Waals surface area (Å²) >= 11 is 11.7. The van der Waals surface area contributed by atoms with E-state index in [0.717, 1.165) is 0 Å². The van der Waals surface area contributed by atoms with Gasteiger partial charge in [-0.05, 0) is 25.1 Å². The maximum atomic E-state index is 9.00. The van der Waals surface area contributed by atoms with E-state index < -0.39 is 0 Å². The van der Waals surface area contributed by atoms with E-state index in [0.29, 0.717) is 33.1 Å². The topological polar surface area (TPSA) is 61.6 Å². The Morgan fingerprint density at radius 1 is 1.22 bits per heavy atom. The largest absolute Gasteiger partial charge is 0.339 e. The number of aryl methyl sites for hydroxylation is 1. The van der Waals surface area contributed by atoms with Gasteiger partial charge in [0.15, 0.2) is 0 Å². The molecule has 1 aromatic carbocycles. The predicted octanol–water partition coefficient (Wildman–Crippen LogP) is 3.71. The summed E-state index contributed by atoms with van der Waals surface area (Å²) in [5, 5.41) is 12.9. The number of hydrogen-bond acceptors (Lipinski definition) is 4. The molecule has 0 atom stereocenters. The number of nitrogens with zero attached hydrogens (tertiary/aromatic N) is 3. The number of rotatable bonds is 2. The van der Waals surface area contributed by atoms with Gasteiger partial charge >= 0.3 is 0 Å². The van der Waals surface area contributed by atoms with Crippen LogP contribution in [0.5, 0.6) is 0 Å². The molecule has 90 valence electrons. The number of nitrogens with one attached hydrogen (secondary N) is 1. The van der Waals surface area contributed by atoms with Crippen molar-refractivity contribution in [3.8, 4) is 6.07 Å². The van der Waals surface area contributed by atoms with Gasteiger partial charge < -0.3 is 5.32 Å². The molecule has 1 heterocycles. The van der Waals surface area contributed by atoms with Gasteiger partial charge in [-0.1, -0.05) is 23.2 Å². The molecule has 0 aliphatic rings. The quantitative estimate of drug-likeness (QED) is 0.851. The lowest BCUT2D eigenvalue weighted by molar-refractivity contribution is 1.06. The van der Waals surface area contributed by atoms with Gasteiger partial charge in [0.05, 0.1) is 11.3 Å². The molecule has 0 saturated heterocycles. The Labute approximate surface area is 114 Å². The van der Waals surface area contributed by atoms with Crippen molar-refractivity contribution in [3.63, 3.8) is 0 Å². The number of anilines is 2. The third-order valence-corrected chi connectivity index (χ3v) is 2.60. The highest BCUT2D eigenvalue weighted by molar-refractivity contribution is 6.31. The van der Waals surface area contributed by atoms with Crippen LogP contribution in [0.4, 0.5) is 11.5 Å². The van der Waals surface area contributed by atoms with Crippen LogP contribution >= 0.6 is 23.2 Å². The van der Waals surface area contributed by atoms with E-state index in [2.05, 4.69) is 21.4 Å². The molecule has 1 aromatic heterocycles. The second-order valence-corrected chi connectivity index (χ2v) is 4.37. The second kappa shape index (κ2) is 5.21. The first kappa shape index (κ1) is 12.6. The van der Waals surface area contributed by atoms with Crippen LogP contribution in [0, 0.1) is 18.3 Å². The van der Waals surface area contributed by atoms with Crippen molar-refractivity contribution < 1.29 is 0 Å². The molecular formula is C12H8Cl2N4. The highest BCUT2D eigenvalue weighted by Gasteiger charge is 2.06. The van der Waals surface area contributed by atoms with Gasteiger partial charge in [0.1, 0.15) is 22.9 Å². The average Bonchev–Trinajstić information content (AvgIpc) is 2.27. The van der Waals surface area contributed by atoms with Crippen LogP contribution in [0.15, 0.2) is 24.3 Å². The molecule has 0 saturated carbocycles. The first-order chi connectivity index (χ1) is 8.58. The van der Waals surface area contributed by atoms with Crippen LogP contribution in [0.1, 0.15) is 11.4 Å². The van der Waals surface area contributed by atoms with Crippen LogP contribution in [0.3, 0.4) is 0 Å². The van der Waals surface area contributed by atoms with E-state index in [1.807, 2.05) is 0 Å². The van der Waals surface area contributed by atoms with Crippen LogP contribution in [0.2, 0.25) is 10.2 Å². The average molecular weight is 279 g/mol. The van der Waals surface area contributed by atoms with E-state index in [1.165, 1.54) is 0 Å². The zero-order chi connectivity index (χ0) is 13.1. The minimum absolute atomic E-state index is 0.338. The number of halogens is 2. The molecule has 0 unspecified atom stereocenters. The maximum absolute atomic E-state index is 9.00. The molecule has 0 aliphatic heterocycles. The third kappa shape index (κ3) is 2.89. The molecular weight excluding hydrogens is 271 g/mol. The normalized spacial score (nSPS) is 9.89. The summed E-state index contributed by atoms with van der Waals surface area (Å²) in [5.41, 5.74) is 1.06. The van der Waals surface area contributed by atoms with Crippen LogP contribution in [0.25, 0.3) is 0 Å². The number of aromatic nitrogens is 2. The Morgan fingerprint density at radius 3 is 2.67 bits per heavy atom. The van der Waals surface area contributed by atoms with E-state index in [9.17, 15) is 0 Å². The fraction of sp³-hybridized carbons (Fsp3) is 0.0833. The van der Waals surface area contributed by atoms with E-state index in [-0.39, 0.29) is 0 Å². The third-order valence-electron chi connectivity index (χ3n) is 2.17. The molecule has 2 aromatic rings. The Balaban J connectivity index is 2.39. The minimum Gasteiger partial charge on any atom is -0.339 e. The van der Waals surface area contributed by atoms with Gasteiger partial charge in [-0.3, -0.25) is 0 Å². The summed E-state index contributed by atoms with van der Waals surface area (Å²) in [7, 11) is 0. The summed E-state index contributed by atoms with van der Waals surface area (Å²) in [5.74, 6) is 1.07. The minimum atomic E-state index is 0.338. The van der Waals surface area contributed by atoms with Gasteiger partial charge in [0.25, 0.3) is 0 Å². The molecule has 0 bridgehead atoms. The number of benzene rings is 1. The number of hydrogen-bond donors (Lipinski definition) is 1. The fourth-order valence-corrected chi connectivity index (χ4v) is 1.85. The highest BCUT2D eigenvalue weighted by Crippen LogP contribution is 2.24. The smallest absolute Gasteiger partial charge is 0.135 e. The lowest BCUT2D eigenvalue weighted by Crippen LogP contribution is -1.99. The van der Waals surface area contributed by atoms with Crippen molar-refractivity contribution in [1.29, 1.82) is 5.26 Å². The molecule has 0 spiro atoms. The van der Waals surface area contributed by atoms with Crippen molar-refractivity contribution in [1.82, 2.24) is 9.97 Å². The molecule has 0 fully saturated rings. The van der Waals surface area contributed by atoms with Crippen molar-refractivity contribution in [2.75, 3.05) is 5.32 Å². The molecule has 0 amide bonds. The Kier molecular flexibility index (Phi) is 3.66. The Bertz CT molecular complexity index is 614.